The van der Waals surface area contributed by atoms with E-state index in [9.17, 15) is 4.39 Å². The largest absolute Gasteiger partial charge is 0.316 e. The van der Waals surface area contributed by atoms with Crippen molar-refractivity contribution in [2.45, 2.75) is 50.9 Å². The Morgan fingerprint density at radius 2 is 1.89 bits per heavy atom. The number of hydrogen-bond acceptors (Lipinski definition) is 1. The van der Waals surface area contributed by atoms with Gasteiger partial charge in [-0.3, -0.25) is 0 Å². The topological polar surface area (TPSA) is 12.0 Å². The molecule has 0 aliphatic heterocycles. The third kappa shape index (κ3) is 3.29. The first-order valence-electron chi connectivity index (χ1n) is 7.35. The number of rotatable bonds is 4. The van der Waals surface area contributed by atoms with Gasteiger partial charge in [0.15, 0.2) is 0 Å². The lowest BCUT2D eigenvalue weighted by Gasteiger charge is -2.34. The van der Waals surface area contributed by atoms with Gasteiger partial charge < -0.3 is 5.32 Å². The third-order valence-electron chi connectivity index (χ3n) is 4.30. The lowest BCUT2D eigenvalue weighted by atomic mass is 9.74. The molecule has 0 heterocycles. The Hall–Kier alpha value is -0.600. The predicted octanol–water partition coefficient (Wildman–Crippen LogP) is 4.68. The maximum Gasteiger partial charge on any atom is 0.145 e. The van der Waals surface area contributed by atoms with E-state index in [1.54, 1.807) is 6.07 Å². The van der Waals surface area contributed by atoms with Crippen molar-refractivity contribution in [1.82, 2.24) is 5.32 Å². The minimum absolute atomic E-state index is 0.0819. The van der Waals surface area contributed by atoms with E-state index in [4.69, 9.17) is 11.6 Å². The first-order chi connectivity index (χ1) is 9.19. The SMILES string of the molecule is CCNCC1(c2cccc(Cl)c2F)CCCCCC1. The van der Waals surface area contributed by atoms with Crippen molar-refractivity contribution < 1.29 is 4.39 Å². The predicted molar refractivity (Wildman–Crippen MR) is 79.3 cm³/mol. The van der Waals surface area contributed by atoms with Crippen LogP contribution in [0.3, 0.4) is 0 Å². The molecule has 106 valence electrons. The van der Waals surface area contributed by atoms with Gasteiger partial charge in [-0.05, 0) is 31.0 Å². The number of halogens is 2. The van der Waals surface area contributed by atoms with Crippen molar-refractivity contribution in [3.05, 3.63) is 34.6 Å². The summed E-state index contributed by atoms with van der Waals surface area (Å²) in [5.41, 5.74) is 0.726. The molecule has 1 nitrogen and oxygen atoms in total. The molecule has 1 aromatic rings. The zero-order chi connectivity index (χ0) is 13.7. The highest BCUT2D eigenvalue weighted by atomic mass is 35.5. The Morgan fingerprint density at radius 1 is 1.21 bits per heavy atom. The first-order valence-corrected chi connectivity index (χ1v) is 7.72. The fourth-order valence-corrected chi connectivity index (χ4v) is 3.40. The standard InChI is InChI=1S/C16H23ClFN/c1-2-19-12-16(10-5-3-4-6-11-16)13-8-7-9-14(17)15(13)18/h7-9,19H,2-6,10-12H2,1H3. The van der Waals surface area contributed by atoms with Crippen LogP contribution in [0.2, 0.25) is 5.02 Å². The average molecular weight is 284 g/mol. The van der Waals surface area contributed by atoms with Crippen molar-refractivity contribution in [3.8, 4) is 0 Å². The van der Waals surface area contributed by atoms with Gasteiger partial charge in [0.25, 0.3) is 0 Å². The van der Waals surface area contributed by atoms with Gasteiger partial charge >= 0.3 is 0 Å². The second-order valence-electron chi connectivity index (χ2n) is 5.58. The monoisotopic (exact) mass is 283 g/mol. The van der Waals surface area contributed by atoms with Gasteiger partial charge in [-0.25, -0.2) is 4.39 Å². The van der Waals surface area contributed by atoms with Crippen LogP contribution in [0.15, 0.2) is 18.2 Å². The molecule has 19 heavy (non-hydrogen) atoms. The summed E-state index contributed by atoms with van der Waals surface area (Å²) in [6.45, 7) is 3.86. The number of benzene rings is 1. The lowest BCUT2D eigenvalue weighted by molar-refractivity contribution is 0.337. The summed E-state index contributed by atoms with van der Waals surface area (Å²) >= 11 is 5.97. The zero-order valence-electron chi connectivity index (χ0n) is 11.6. The van der Waals surface area contributed by atoms with Crippen LogP contribution in [0.1, 0.15) is 51.0 Å². The Bertz CT molecular complexity index is 411. The summed E-state index contributed by atoms with van der Waals surface area (Å²) in [6, 6.07) is 5.43. The third-order valence-corrected chi connectivity index (χ3v) is 4.59. The molecule has 0 aromatic heterocycles. The van der Waals surface area contributed by atoms with E-state index in [-0.39, 0.29) is 16.3 Å². The van der Waals surface area contributed by atoms with Gasteiger partial charge in [-0.15, -0.1) is 0 Å². The highest BCUT2D eigenvalue weighted by Gasteiger charge is 2.35. The van der Waals surface area contributed by atoms with Crippen molar-refractivity contribution >= 4 is 11.6 Å². The molecular weight excluding hydrogens is 261 g/mol. The van der Waals surface area contributed by atoms with Crippen molar-refractivity contribution in [2.75, 3.05) is 13.1 Å². The quantitative estimate of drug-likeness (QED) is 0.791. The van der Waals surface area contributed by atoms with Crippen LogP contribution in [0.5, 0.6) is 0 Å². The van der Waals surface area contributed by atoms with Gasteiger partial charge in [0.1, 0.15) is 5.82 Å². The fraction of sp³-hybridized carbons (Fsp3) is 0.625. The zero-order valence-corrected chi connectivity index (χ0v) is 12.4. The summed E-state index contributed by atoms with van der Waals surface area (Å²) in [4.78, 5) is 0. The highest BCUT2D eigenvalue weighted by molar-refractivity contribution is 6.30. The van der Waals surface area contributed by atoms with E-state index in [0.717, 1.165) is 31.5 Å². The normalized spacial score (nSPS) is 19.1. The van der Waals surface area contributed by atoms with Crippen LogP contribution in [-0.2, 0) is 5.41 Å². The average Bonchev–Trinajstić information content (AvgIpc) is 2.66. The molecule has 1 aliphatic rings. The van der Waals surface area contributed by atoms with Gasteiger partial charge in [0, 0.05) is 12.0 Å². The Labute approximate surface area is 120 Å². The van der Waals surface area contributed by atoms with Crippen LogP contribution in [0, 0.1) is 5.82 Å². The van der Waals surface area contributed by atoms with Gasteiger partial charge in [-0.1, -0.05) is 56.3 Å². The Kier molecular flexibility index (Phi) is 5.23. The molecule has 0 unspecified atom stereocenters. The van der Waals surface area contributed by atoms with Crippen LogP contribution in [0.4, 0.5) is 4.39 Å². The van der Waals surface area contributed by atoms with Crippen molar-refractivity contribution in [3.63, 3.8) is 0 Å². The summed E-state index contributed by atoms with van der Waals surface area (Å²) in [5, 5.41) is 3.67. The fourth-order valence-electron chi connectivity index (χ4n) is 3.22. The van der Waals surface area contributed by atoms with Crippen LogP contribution < -0.4 is 5.32 Å². The summed E-state index contributed by atoms with van der Waals surface area (Å²) < 4.78 is 14.4. The molecule has 0 saturated heterocycles. The van der Waals surface area contributed by atoms with Gasteiger partial charge in [0.05, 0.1) is 5.02 Å². The molecule has 0 atom stereocenters. The molecular formula is C16H23ClFN. The molecule has 1 N–H and O–H groups in total. The van der Waals surface area contributed by atoms with Crippen molar-refractivity contribution in [1.29, 1.82) is 0 Å². The number of hydrogen-bond donors (Lipinski definition) is 1. The number of likely N-dealkylation sites (N-methyl/N-ethyl adjacent to an activating group) is 1. The maximum absolute atomic E-state index is 14.4. The van der Waals surface area contributed by atoms with Crippen LogP contribution in [-0.4, -0.2) is 13.1 Å². The van der Waals surface area contributed by atoms with E-state index < -0.39 is 0 Å². The number of nitrogens with one attached hydrogen (secondary N) is 1. The van der Waals surface area contributed by atoms with E-state index in [1.807, 2.05) is 12.1 Å². The van der Waals surface area contributed by atoms with Crippen LogP contribution >= 0.6 is 11.6 Å². The van der Waals surface area contributed by atoms with Gasteiger partial charge in [-0.2, -0.15) is 0 Å². The molecule has 1 saturated carbocycles. The molecule has 1 aromatic carbocycles. The van der Waals surface area contributed by atoms with Crippen molar-refractivity contribution in [2.24, 2.45) is 0 Å². The molecule has 1 aliphatic carbocycles. The molecule has 3 heteroatoms. The lowest BCUT2D eigenvalue weighted by Crippen LogP contribution is -2.38. The molecule has 0 radical (unpaired) electrons. The molecule has 0 spiro atoms. The first kappa shape index (κ1) is 14.8. The van der Waals surface area contributed by atoms with E-state index >= 15 is 0 Å². The second kappa shape index (κ2) is 6.71. The molecule has 0 bridgehead atoms. The smallest absolute Gasteiger partial charge is 0.145 e. The van der Waals surface area contributed by atoms with E-state index in [2.05, 4.69) is 12.2 Å². The Balaban J connectivity index is 2.37. The highest BCUT2D eigenvalue weighted by Crippen LogP contribution is 2.40. The molecule has 2 rings (SSSR count). The minimum Gasteiger partial charge on any atom is -0.316 e. The molecule has 1 fully saturated rings. The minimum atomic E-state index is -0.219. The Morgan fingerprint density at radius 3 is 2.53 bits per heavy atom. The summed E-state index contributed by atoms with van der Waals surface area (Å²) in [7, 11) is 0. The summed E-state index contributed by atoms with van der Waals surface area (Å²) in [5.74, 6) is -0.219. The summed E-state index contributed by atoms with van der Waals surface area (Å²) in [6.07, 6.45) is 6.98. The van der Waals surface area contributed by atoms with E-state index in [1.165, 1.54) is 25.7 Å². The second-order valence-corrected chi connectivity index (χ2v) is 5.98. The van der Waals surface area contributed by atoms with Gasteiger partial charge in [0.2, 0.25) is 0 Å². The maximum atomic E-state index is 14.4. The molecule has 0 amide bonds. The van der Waals surface area contributed by atoms with Crippen LogP contribution in [0.25, 0.3) is 0 Å². The van der Waals surface area contributed by atoms with E-state index in [0.29, 0.717) is 0 Å².